The van der Waals surface area contributed by atoms with E-state index in [4.69, 9.17) is 9.90 Å². The summed E-state index contributed by atoms with van der Waals surface area (Å²) in [7, 11) is 0. The van der Waals surface area contributed by atoms with Gasteiger partial charge in [-0.1, -0.05) is 0 Å². The smallest absolute Gasteiger partial charge is 0.325 e. The normalized spacial score (nSPS) is 20.4. The number of nitrogens with one attached hydrogen (secondary N) is 4. The van der Waals surface area contributed by atoms with Crippen molar-refractivity contribution in [3.63, 3.8) is 0 Å². The third kappa shape index (κ3) is 4.35. The van der Waals surface area contributed by atoms with Gasteiger partial charge in [-0.3, -0.25) is 29.1 Å². The highest BCUT2D eigenvalue weighted by Gasteiger charge is 2.47. The van der Waals surface area contributed by atoms with Gasteiger partial charge in [-0.25, -0.2) is 9.78 Å². The number of piperidine rings is 1. The molecule has 1 aliphatic heterocycles. The van der Waals surface area contributed by atoms with Crippen LogP contribution in [0.4, 0.5) is 0 Å². The predicted molar refractivity (Wildman–Crippen MR) is 117 cm³/mol. The number of amides is 2. The number of carbonyl (C=O) groups is 3. The van der Waals surface area contributed by atoms with Gasteiger partial charge in [0, 0.05) is 42.8 Å². The maximum atomic E-state index is 13.2. The van der Waals surface area contributed by atoms with Gasteiger partial charge < -0.3 is 25.3 Å². The number of hydrogen-bond acceptors (Lipinski definition) is 7. The van der Waals surface area contributed by atoms with Crippen molar-refractivity contribution < 1.29 is 19.5 Å². The highest BCUT2D eigenvalue weighted by atomic mass is 16.3. The molecule has 0 unspecified atom stereocenters. The fourth-order valence-electron chi connectivity index (χ4n) is 4.53. The van der Waals surface area contributed by atoms with Crippen molar-refractivity contribution in [1.29, 1.82) is 0 Å². The van der Waals surface area contributed by atoms with Gasteiger partial charge in [0.15, 0.2) is 0 Å². The first kappa shape index (κ1) is 22.6. The molecule has 0 radical (unpaired) electrons. The Morgan fingerprint density at radius 1 is 1.24 bits per heavy atom. The second-order valence-corrected chi connectivity index (χ2v) is 7.88. The van der Waals surface area contributed by atoms with E-state index in [0.29, 0.717) is 24.4 Å². The fraction of sp³-hybridized carbons (Fsp3) is 0.286. The van der Waals surface area contributed by atoms with Gasteiger partial charge in [0.1, 0.15) is 17.0 Å². The molecular weight excluding hydrogens is 446 g/mol. The molecule has 1 aliphatic carbocycles. The number of aromatic amines is 3. The molecule has 2 amide bonds. The number of imidazole rings is 1. The molecule has 13 heteroatoms. The van der Waals surface area contributed by atoms with Crippen LogP contribution < -0.4 is 16.6 Å². The van der Waals surface area contributed by atoms with Gasteiger partial charge in [-0.05, 0) is 30.9 Å². The summed E-state index contributed by atoms with van der Waals surface area (Å²) < 4.78 is 0. The molecule has 3 aromatic heterocycles. The van der Waals surface area contributed by atoms with Gasteiger partial charge in [0.2, 0.25) is 0 Å². The monoisotopic (exact) mass is 467 g/mol. The molecule has 2 fully saturated rings. The minimum Gasteiger partial charge on any atom is -0.483 e. The zero-order chi connectivity index (χ0) is 24.2. The van der Waals surface area contributed by atoms with Crippen molar-refractivity contribution in [2.24, 2.45) is 5.92 Å². The topological polar surface area (TPSA) is 194 Å². The van der Waals surface area contributed by atoms with Crippen LogP contribution in [0.25, 0.3) is 11.3 Å². The quantitative estimate of drug-likeness (QED) is 0.319. The number of nitrogens with zero attached hydrogens (tertiary/aromatic N) is 3. The molecule has 3 aromatic rings. The minimum absolute atomic E-state index is 0.0123. The molecule has 1 saturated carbocycles. The Morgan fingerprint density at radius 2 is 2.03 bits per heavy atom. The molecule has 2 aliphatic rings. The van der Waals surface area contributed by atoms with Crippen molar-refractivity contribution in [3.05, 3.63) is 69.1 Å². The molecule has 1 saturated heterocycles. The van der Waals surface area contributed by atoms with Crippen LogP contribution in [0.5, 0.6) is 0 Å². The van der Waals surface area contributed by atoms with Gasteiger partial charge in [-0.15, -0.1) is 0 Å². The molecule has 0 spiro atoms. The number of H-pyrrole nitrogens is 3. The van der Waals surface area contributed by atoms with Gasteiger partial charge in [0.05, 0.1) is 6.33 Å². The highest BCUT2D eigenvalue weighted by molar-refractivity contribution is 5.98. The van der Waals surface area contributed by atoms with E-state index in [1.807, 2.05) is 16.0 Å². The van der Waals surface area contributed by atoms with E-state index in [1.54, 1.807) is 18.5 Å². The number of hydrogen-bond donors (Lipinski definition) is 5. The number of aromatic nitrogens is 5. The number of carbonyl (C=O) groups excluding carboxylic acids is 2. The lowest BCUT2D eigenvalue weighted by Crippen LogP contribution is -2.48. The third-order valence-corrected chi connectivity index (χ3v) is 5.97. The Hall–Kier alpha value is -4.55. The van der Waals surface area contributed by atoms with Crippen molar-refractivity contribution in [2.45, 2.75) is 24.9 Å². The van der Waals surface area contributed by atoms with E-state index in [0.717, 1.165) is 18.2 Å². The molecule has 0 aromatic carbocycles. The van der Waals surface area contributed by atoms with Crippen LogP contribution in [0.1, 0.15) is 33.7 Å². The van der Waals surface area contributed by atoms with Crippen molar-refractivity contribution in [1.82, 2.24) is 35.1 Å². The number of pyridine rings is 1. The Balaban J connectivity index is 0.000000868. The van der Waals surface area contributed by atoms with Gasteiger partial charge >= 0.3 is 5.69 Å². The van der Waals surface area contributed by atoms with Crippen LogP contribution in [-0.4, -0.2) is 71.8 Å². The fourth-order valence-corrected chi connectivity index (χ4v) is 4.53. The lowest BCUT2D eigenvalue weighted by Gasteiger charge is -2.31. The van der Waals surface area contributed by atoms with Crippen molar-refractivity contribution >= 4 is 18.3 Å². The first-order valence-corrected chi connectivity index (χ1v) is 10.4. The number of likely N-dealkylation sites (tertiary alicyclic amines) is 1. The lowest BCUT2D eigenvalue weighted by atomic mass is 10.0. The van der Waals surface area contributed by atoms with E-state index in [1.165, 1.54) is 6.33 Å². The molecule has 4 heterocycles. The molecule has 3 atom stereocenters. The molecule has 2 bridgehead atoms. The Morgan fingerprint density at radius 3 is 2.68 bits per heavy atom. The van der Waals surface area contributed by atoms with Crippen LogP contribution in [0.3, 0.4) is 0 Å². The number of carboxylic acid groups (broad SMARTS) is 1. The van der Waals surface area contributed by atoms with Gasteiger partial charge in [-0.2, -0.15) is 0 Å². The first-order valence-electron chi connectivity index (χ1n) is 10.4. The molecule has 176 valence electrons. The zero-order valence-electron chi connectivity index (χ0n) is 17.7. The van der Waals surface area contributed by atoms with E-state index in [9.17, 15) is 19.2 Å². The summed E-state index contributed by atoms with van der Waals surface area (Å²) >= 11 is 0. The third-order valence-electron chi connectivity index (χ3n) is 5.97. The second kappa shape index (κ2) is 9.52. The van der Waals surface area contributed by atoms with E-state index < -0.39 is 17.2 Å². The zero-order valence-corrected chi connectivity index (χ0v) is 17.7. The molecule has 13 nitrogen and oxygen atoms in total. The summed E-state index contributed by atoms with van der Waals surface area (Å²) in [6, 6.07) is 3.48. The summed E-state index contributed by atoms with van der Waals surface area (Å²) in [5, 5.41) is 9.76. The van der Waals surface area contributed by atoms with Crippen molar-refractivity contribution in [3.8, 4) is 11.3 Å². The first-order chi connectivity index (χ1) is 16.4. The highest BCUT2D eigenvalue weighted by Crippen LogP contribution is 2.39. The number of fused-ring (bicyclic) bond motifs is 2. The van der Waals surface area contributed by atoms with Gasteiger partial charge in [0.25, 0.3) is 23.8 Å². The van der Waals surface area contributed by atoms with E-state index >= 15 is 0 Å². The number of rotatable bonds is 4. The Kier molecular flexibility index (Phi) is 6.34. The average Bonchev–Trinajstić information content (AvgIpc) is 3.55. The lowest BCUT2D eigenvalue weighted by molar-refractivity contribution is -0.122. The molecule has 5 rings (SSSR count). The summed E-state index contributed by atoms with van der Waals surface area (Å²) in [6.07, 6.45) is 7.29. The predicted octanol–water partition coefficient (Wildman–Crippen LogP) is -0.418. The summed E-state index contributed by atoms with van der Waals surface area (Å²) in [6.45, 7) is 0.252. The molecular formula is C21H21N7O6. The Bertz CT molecular complexity index is 1310. The van der Waals surface area contributed by atoms with Crippen LogP contribution >= 0.6 is 0 Å². The Labute approximate surface area is 191 Å². The maximum absolute atomic E-state index is 13.2. The largest absolute Gasteiger partial charge is 0.483 e. The van der Waals surface area contributed by atoms with Crippen LogP contribution in [0.15, 0.2) is 46.6 Å². The maximum Gasteiger partial charge on any atom is 0.325 e. The molecule has 5 N–H and O–H groups in total. The molecule has 34 heavy (non-hydrogen) atoms. The second-order valence-electron chi connectivity index (χ2n) is 7.88. The summed E-state index contributed by atoms with van der Waals surface area (Å²) in [5.74, 6) is -0.587. The van der Waals surface area contributed by atoms with E-state index in [-0.39, 0.29) is 35.9 Å². The van der Waals surface area contributed by atoms with Crippen LogP contribution in [0.2, 0.25) is 0 Å². The van der Waals surface area contributed by atoms with Crippen LogP contribution in [0, 0.1) is 5.92 Å². The summed E-state index contributed by atoms with van der Waals surface area (Å²) in [4.78, 5) is 74.4. The standard InChI is InChI=1S/C20H19N7O4.CH2O2/c28-17(13-7-22-20(31)26-18(13)29)25-14-5-12-4-11(14)8-27(12)19(30)16-15(23-9-24-16)10-2-1-3-21-6-10;2-1-3/h1-3,6-7,9,11-12,14H,4-5,8H2,(H,23,24)(H,25,28)(H2,22,26,29,31);1H,(H,2,3)/t11-,12-,14-;/m0./s1. The van der Waals surface area contributed by atoms with E-state index in [2.05, 4.69) is 25.3 Å². The van der Waals surface area contributed by atoms with Crippen LogP contribution in [-0.2, 0) is 4.79 Å². The van der Waals surface area contributed by atoms with Crippen molar-refractivity contribution in [2.75, 3.05) is 6.54 Å². The summed E-state index contributed by atoms with van der Waals surface area (Å²) in [5.41, 5.74) is 0.189. The average molecular weight is 467 g/mol. The minimum atomic E-state index is -0.733. The SMILES string of the molecule is O=C(N[C@H]1C[C@@H]2C[C@H]1CN2C(=O)c1[nH]cnc1-c1cccnc1)c1c[nH]c(=O)[nH]c1=O.O=CO.